The average molecular weight is 562 g/mol. The lowest BCUT2D eigenvalue weighted by Gasteiger charge is -2.21. The standard InChI is InChI=1S/C25H26BrClN4O4/c1-3-30-21-11-8-14(12-17(21)24(34)31(4-2)25(30)35)22(32)29-20-7-5-6-16(20)23(33)28-15-9-10-18(26)19(27)13-15/h8-13,16,20H,3-7H2,1-2H3,(H,28,33)(H,29,32)/t16-,20+/m0/s1. The number of carbonyl (C=O) groups excluding carboxylic acids is 2. The topological polar surface area (TPSA) is 102 Å². The molecular formula is C25H26BrClN4O4. The fraction of sp³-hybridized carbons (Fsp3) is 0.360. The zero-order chi connectivity index (χ0) is 25.3. The lowest BCUT2D eigenvalue weighted by Crippen LogP contribution is -2.42. The number of fused-ring (bicyclic) bond motifs is 1. The summed E-state index contributed by atoms with van der Waals surface area (Å²) in [4.78, 5) is 51.5. The van der Waals surface area contributed by atoms with Crippen LogP contribution < -0.4 is 21.9 Å². The Morgan fingerprint density at radius 2 is 1.80 bits per heavy atom. The third kappa shape index (κ3) is 4.92. The van der Waals surface area contributed by atoms with E-state index >= 15 is 0 Å². The summed E-state index contributed by atoms with van der Waals surface area (Å²) < 4.78 is 3.42. The number of nitrogens with zero attached hydrogens (tertiary/aromatic N) is 2. The van der Waals surface area contributed by atoms with Gasteiger partial charge in [0, 0.05) is 34.9 Å². The SMILES string of the molecule is CCn1c(=O)c2cc(C(=O)N[C@@H]3CCC[C@@H]3C(=O)Nc3ccc(Br)c(Cl)c3)ccc2n(CC)c1=O. The maximum Gasteiger partial charge on any atom is 0.331 e. The molecule has 2 aromatic carbocycles. The van der Waals surface area contributed by atoms with E-state index < -0.39 is 5.56 Å². The summed E-state index contributed by atoms with van der Waals surface area (Å²) >= 11 is 9.45. The lowest BCUT2D eigenvalue weighted by atomic mass is 10.0. The Balaban J connectivity index is 1.56. The monoisotopic (exact) mass is 560 g/mol. The van der Waals surface area contributed by atoms with E-state index in [1.165, 1.54) is 15.2 Å². The van der Waals surface area contributed by atoms with E-state index in [4.69, 9.17) is 11.6 Å². The second kappa shape index (κ2) is 10.4. The molecule has 1 aliphatic rings. The third-order valence-electron chi connectivity index (χ3n) is 6.48. The summed E-state index contributed by atoms with van der Waals surface area (Å²) in [6.07, 6.45) is 2.14. The van der Waals surface area contributed by atoms with Crippen molar-refractivity contribution in [2.75, 3.05) is 5.32 Å². The van der Waals surface area contributed by atoms with Gasteiger partial charge in [0.15, 0.2) is 0 Å². The fourth-order valence-electron chi connectivity index (χ4n) is 4.66. The van der Waals surface area contributed by atoms with Gasteiger partial charge >= 0.3 is 5.69 Å². The van der Waals surface area contributed by atoms with E-state index in [0.29, 0.717) is 46.6 Å². The van der Waals surface area contributed by atoms with Gasteiger partial charge in [0.2, 0.25) is 5.91 Å². The van der Waals surface area contributed by atoms with Gasteiger partial charge in [-0.05, 0) is 79.0 Å². The molecule has 1 saturated carbocycles. The predicted molar refractivity (Wildman–Crippen MR) is 140 cm³/mol. The predicted octanol–water partition coefficient (Wildman–Crippen LogP) is 4.16. The molecule has 0 radical (unpaired) electrons. The number of nitrogens with one attached hydrogen (secondary N) is 2. The van der Waals surface area contributed by atoms with E-state index in [9.17, 15) is 19.2 Å². The Labute approximate surface area is 215 Å². The van der Waals surface area contributed by atoms with Crippen LogP contribution in [0.1, 0.15) is 43.5 Å². The van der Waals surface area contributed by atoms with Crippen LogP contribution in [0.4, 0.5) is 5.69 Å². The molecule has 184 valence electrons. The molecule has 4 rings (SSSR count). The Bertz CT molecular complexity index is 1430. The molecule has 0 unspecified atom stereocenters. The van der Waals surface area contributed by atoms with Crippen LogP contribution >= 0.6 is 27.5 Å². The van der Waals surface area contributed by atoms with E-state index in [-0.39, 0.29) is 36.0 Å². The summed E-state index contributed by atoms with van der Waals surface area (Å²) in [5.41, 5.74) is 0.609. The molecule has 2 N–H and O–H groups in total. The number of aromatic nitrogens is 2. The number of hydrogen-bond donors (Lipinski definition) is 2. The quantitative estimate of drug-likeness (QED) is 0.472. The Morgan fingerprint density at radius 3 is 2.49 bits per heavy atom. The molecule has 1 heterocycles. The van der Waals surface area contributed by atoms with Crippen molar-refractivity contribution < 1.29 is 9.59 Å². The van der Waals surface area contributed by atoms with Gasteiger partial charge in [-0.3, -0.25) is 23.5 Å². The molecular weight excluding hydrogens is 536 g/mol. The highest BCUT2D eigenvalue weighted by Gasteiger charge is 2.34. The zero-order valence-corrected chi connectivity index (χ0v) is 21.8. The minimum atomic E-state index is -0.418. The number of aryl methyl sites for hydroxylation is 1. The first kappa shape index (κ1) is 25.2. The largest absolute Gasteiger partial charge is 0.349 e. The number of anilines is 1. The van der Waals surface area contributed by atoms with Crippen molar-refractivity contribution in [2.24, 2.45) is 5.92 Å². The van der Waals surface area contributed by atoms with Crippen molar-refractivity contribution in [2.45, 2.75) is 52.2 Å². The first-order chi connectivity index (χ1) is 16.7. The summed E-state index contributed by atoms with van der Waals surface area (Å²) in [6.45, 7) is 4.22. The van der Waals surface area contributed by atoms with Crippen LogP contribution in [0.2, 0.25) is 5.02 Å². The van der Waals surface area contributed by atoms with Crippen LogP contribution in [-0.2, 0) is 17.9 Å². The molecule has 35 heavy (non-hydrogen) atoms. The minimum Gasteiger partial charge on any atom is -0.349 e. The van der Waals surface area contributed by atoms with Crippen molar-refractivity contribution in [3.8, 4) is 0 Å². The highest BCUT2D eigenvalue weighted by Crippen LogP contribution is 2.29. The summed E-state index contributed by atoms with van der Waals surface area (Å²) in [5, 5.41) is 6.67. The van der Waals surface area contributed by atoms with Crippen LogP contribution in [0.5, 0.6) is 0 Å². The number of benzene rings is 2. The Morgan fingerprint density at radius 1 is 1.06 bits per heavy atom. The average Bonchev–Trinajstić information content (AvgIpc) is 3.30. The smallest absolute Gasteiger partial charge is 0.331 e. The van der Waals surface area contributed by atoms with Crippen LogP contribution in [0.15, 0.2) is 50.5 Å². The molecule has 10 heteroatoms. The number of amides is 2. The zero-order valence-electron chi connectivity index (χ0n) is 19.4. The van der Waals surface area contributed by atoms with Gasteiger partial charge in [-0.25, -0.2) is 4.79 Å². The molecule has 1 aliphatic carbocycles. The molecule has 0 bridgehead atoms. The van der Waals surface area contributed by atoms with Gasteiger partial charge < -0.3 is 10.6 Å². The molecule has 8 nitrogen and oxygen atoms in total. The molecule has 1 aromatic heterocycles. The van der Waals surface area contributed by atoms with Gasteiger partial charge in [0.1, 0.15) is 0 Å². The van der Waals surface area contributed by atoms with Gasteiger partial charge in [0.05, 0.1) is 21.8 Å². The Hall–Kier alpha value is -2.91. The Kier molecular flexibility index (Phi) is 7.47. The van der Waals surface area contributed by atoms with Gasteiger partial charge in [-0.2, -0.15) is 0 Å². The van der Waals surface area contributed by atoms with Crippen molar-refractivity contribution in [3.05, 3.63) is 72.3 Å². The number of halogens is 2. The van der Waals surface area contributed by atoms with Crippen molar-refractivity contribution in [3.63, 3.8) is 0 Å². The van der Waals surface area contributed by atoms with Crippen molar-refractivity contribution in [1.29, 1.82) is 0 Å². The fourth-order valence-corrected chi connectivity index (χ4v) is 5.08. The van der Waals surface area contributed by atoms with Gasteiger partial charge in [-0.1, -0.05) is 18.0 Å². The third-order valence-corrected chi connectivity index (χ3v) is 7.71. The van der Waals surface area contributed by atoms with E-state index in [1.54, 1.807) is 37.3 Å². The summed E-state index contributed by atoms with van der Waals surface area (Å²) in [5.74, 6) is -0.924. The molecule has 1 fully saturated rings. The number of rotatable bonds is 6. The number of hydrogen-bond acceptors (Lipinski definition) is 4. The van der Waals surface area contributed by atoms with Crippen molar-refractivity contribution in [1.82, 2.24) is 14.5 Å². The minimum absolute atomic E-state index is 0.178. The highest BCUT2D eigenvalue weighted by atomic mass is 79.9. The maximum absolute atomic E-state index is 13.1. The second-order valence-electron chi connectivity index (χ2n) is 8.54. The first-order valence-electron chi connectivity index (χ1n) is 11.6. The molecule has 3 aromatic rings. The molecule has 0 saturated heterocycles. The van der Waals surface area contributed by atoms with E-state index in [1.807, 2.05) is 6.92 Å². The molecule has 0 spiro atoms. The van der Waals surface area contributed by atoms with E-state index in [2.05, 4.69) is 26.6 Å². The molecule has 2 amide bonds. The van der Waals surface area contributed by atoms with Crippen LogP contribution in [-0.4, -0.2) is 27.0 Å². The van der Waals surface area contributed by atoms with Gasteiger partial charge in [0.25, 0.3) is 11.5 Å². The summed E-state index contributed by atoms with van der Waals surface area (Å²) in [7, 11) is 0. The summed E-state index contributed by atoms with van der Waals surface area (Å²) in [6, 6.07) is 9.61. The van der Waals surface area contributed by atoms with Gasteiger partial charge in [-0.15, -0.1) is 0 Å². The lowest BCUT2D eigenvalue weighted by molar-refractivity contribution is -0.120. The first-order valence-corrected chi connectivity index (χ1v) is 12.8. The van der Waals surface area contributed by atoms with E-state index in [0.717, 1.165) is 10.9 Å². The molecule has 0 aliphatic heterocycles. The highest BCUT2D eigenvalue weighted by molar-refractivity contribution is 9.10. The second-order valence-corrected chi connectivity index (χ2v) is 9.81. The normalized spacial score (nSPS) is 17.5. The maximum atomic E-state index is 13.1. The van der Waals surface area contributed by atoms with Crippen LogP contribution in [0.3, 0.4) is 0 Å². The van der Waals surface area contributed by atoms with Crippen molar-refractivity contribution >= 4 is 55.9 Å². The van der Waals surface area contributed by atoms with Crippen LogP contribution in [0.25, 0.3) is 10.9 Å². The number of carbonyl (C=O) groups is 2. The molecule has 2 atom stereocenters. The van der Waals surface area contributed by atoms with Crippen LogP contribution in [0, 0.1) is 5.92 Å².